The molecule has 0 aromatic heterocycles. The van der Waals surface area contributed by atoms with Crippen LogP contribution in [0.4, 0.5) is 10.1 Å². The molecule has 0 unspecified atom stereocenters. The number of rotatable bonds is 6. The summed E-state index contributed by atoms with van der Waals surface area (Å²) in [6, 6.07) is 11.9. The standard InChI is InChI=1S/C19H17FN2O4/c1-26-18(24)12-21-19(25)14-5-9-16(10-6-14)22-17(23)11-4-13-2-7-15(20)8-3-13/h2-11H,12H2,1H3,(H,21,25)(H,22,23)/b11-4+. The average Bonchev–Trinajstić information content (AvgIpc) is 2.66. The Hall–Kier alpha value is -3.48. The van der Waals surface area contributed by atoms with Crippen molar-refractivity contribution in [1.82, 2.24) is 5.32 Å². The Morgan fingerprint density at radius 2 is 1.69 bits per heavy atom. The van der Waals surface area contributed by atoms with Gasteiger partial charge in [0.15, 0.2) is 0 Å². The van der Waals surface area contributed by atoms with Crippen LogP contribution in [0.25, 0.3) is 6.08 Å². The first-order chi connectivity index (χ1) is 12.5. The van der Waals surface area contributed by atoms with Crippen molar-refractivity contribution in [3.8, 4) is 0 Å². The molecular weight excluding hydrogens is 339 g/mol. The van der Waals surface area contributed by atoms with E-state index in [9.17, 15) is 18.8 Å². The minimum absolute atomic E-state index is 0.220. The van der Waals surface area contributed by atoms with E-state index >= 15 is 0 Å². The molecule has 2 aromatic carbocycles. The van der Waals surface area contributed by atoms with Crippen LogP contribution in [0.2, 0.25) is 0 Å². The lowest BCUT2D eigenvalue weighted by atomic mass is 10.2. The molecule has 0 saturated carbocycles. The number of halogens is 1. The SMILES string of the molecule is COC(=O)CNC(=O)c1ccc(NC(=O)/C=C/c2ccc(F)cc2)cc1. The summed E-state index contributed by atoms with van der Waals surface area (Å²) >= 11 is 0. The Labute approximate surface area is 149 Å². The van der Waals surface area contributed by atoms with Gasteiger partial charge in [-0.1, -0.05) is 12.1 Å². The van der Waals surface area contributed by atoms with Gasteiger partial charge in [0.1, 0.15) is 12.4 Å². The van der Waals surface area contributed by atoms with Crippen LogP contribution in [0.3, 0.4) is 0 Å². The van der Waals surface area contributed by atoms with Gasteiger partial charge in [0.05, 0.1) is 7.11 Å². The van der Waals surface area contributed by atoms with Crippen LogP contribution in [0.1, 0.15) is 15.9 Å². The Kier molecular flexibility index (Phi) is 6.61. The number of nitrogens with one attached hydrogen (secondary N) is 2. The van der Waals surface area contributed by atoms with Crippen molar-refractivity contribution in [1.29, 1.82) is 0 Å². The predicted molar refractivity (Wildman–Crippen MR) is 94.9 cm³/mol. The molecule has 0 aliphatic carbocycles. The van der Waals surface area contributed by atoms with E-state index in [2.05, 4.69) is 15.4 Å². The summed E-state index contributed by atoms with van der Waals surface area (Å²) in [4.78, 5) is 34.7. The van der Waals surface area contributed by atoms with Crippen LogP contribution >= 0.6 is 0 Å². The van der Waals surface area contributed by atoms with E-state index in [4.69, 9.17) is 0 Å². The van der Waals surface area contributed by atoms with Crippen molar-refractivity contribution in [3.05, 3.63) is 71.6 Å². The van der Waals surface area contributed by atoms with Crippen molar-refractivity contribution >= 4 is 29.5 Å². The first-order valence-electron chi connectivity index (χ1n) is 7.67. The Morgan fingerprint density at radius 1 is 1.04 bits per heavy atom. The number of esters is 1. The van der Waals surface area contributed by atoms with Crippen molar-refractivity contribution in [3.63, 3.8) is 0 Å². The fraction of sp³-hybridized carbons (Fsp3) is 0.105. The molecule has 2 amide bonds. The lowest BCUT2D eigenvalue weighted by molar-refractivity contribution is -0.139. The van der Waals surface area contributed by atoms with E-state index in [1.807, 2.05) is 0 Å². The fourth-order valence-electron chi connectivity index (χ4n) is 1.96. The summed E-state index contributed by atoms with van der Waals surface area (Å²) in [6.07, 6.45) is 2.88. The normalized spacial score (nSPS) is 10.4. The lowest BCUT2D eigenvalue weighted by Crippen LogP contribution is -2.30. The van der Waals surface area contributed by atoms with Crippen LogP contribution in [0, 0.1) is 5.82 Å². The highest BCUT2D eigenvalue weighted by molar-refractivity contribution is 6.02. The molecule has 2 aromatic rings. The van der Waals surface area contributed by atoms with Gasteiger partial charge < -0.3 is 15.4 Å². The Bertz CT molecular complexity index is 814. The van der Waals surface area contributed by atoms with Gasteiger partial charge in [0, 0.05) is 17.3 Å². The molecular formula is C19H17FN2O4. The monoisotopic (exact) mass is 356 g/mol. The smallest absolute Gasteiger partial charge is 0.325 e. The Balaban J connectivity index is 1.89. The molecule has 0 fully saturated rings. The molecule has 26 heavy (non-hydrogen) atoms. The zero-order valence-electron chi connectivity index (χ0n) is 14.0. The quantitative estimate of drug-likeness (QED) is 0.615. The van der Waals surface area contributed by atoms with Gasteiger partial charge in [0.2, 0.25) is 5.91 Å². The predicted octanol–water partition coefficient (Wildman–Crippen LogP) is 2.38. The van der Waals surface area contributed by atoms with Gasteiger partial charge in [-0.2, -0.15) is 0 Å². The summed E-state index contributed by atoms with van der Waals surface area (Å²) in [6.45, 7) is -0.220. The number of anilines is 1. The first-order valence-corrected chi connectivity index (χ1v) is 7.67. The topological polar surface area (TPSA) is 84.5 Å². The van der Waals surface area contributed by atoms with Gasteiger partial charge >= 0.3 is 5.97 Å². The highest BCUT2D eigenvalue weighted by atomic mass is 19.1. The molecule has 0 bridgehead atoms. The average molecular weight is 356 g/mol. The molecule has 6 nitrogen and oxygen atoms in total. The number of ether oxygens (including phenoxy) is 1. The number of benzene rings is 2. The minimum Gasteiger partial charge on any atom is -0.468 e. The molecule has 7 heteroatoms. The maximum Gasteiger partial charge on any atom is 0.325 e. The second-order valence-electron chi connectivity index (χ2n) is 5.21. The number of carbonyl (C=O) groups is 3. The fourth-order valence-corrected chi connectivity index (χ4v) is 1.96. The zero-order valence-corrected chi connectivity index (χ0v) is 14.0. The zero-order chi connectivity index (χ0) is 18.9. The molecule has 0 heterocycles. The lowest BCUT2D eigenvalue weighted by Gasteiger charge is -2.06. The number of amides is 2. The molecule has 0 aliphatic heterocycles. The van der Waals surface area contributed by atoms with E-state index in [1.54, 1.807) is 30.3 Å². The molecule has 2 N–H and O–H groups in total. The van der Waals surface area contributed by atoms with Crippen molar-refractivity contribution in [2.45, 2.75) is 0 Å². The molecule has 0 spiro atoms. The third-order valence-corrected chi connectivity index (χ3v) is 3.33. The third-order valence-electron chi connectivity index (χ3n) is 3.33. The second kappa shape index (κ2) is 9.12. The van der Waals surface area contributed by atoms with E-state index in [0.29, 0.717) is 16.8 Å². The van der Waals surface area contributed by atoms with E-state index in [-0.39, 0.29) is 18.3 Å². The van der Waals surface area contributed by atoms with E-state index < -0.39 is 11.9 Å². The highest BCUT2D eigenvalue weighted by Gasteiger charge is 2.08. The second-order valence-corrected chi connectivity index (χ2v) is 5.21. The summed E-state index contributed by atoms with van der Waals surface area (Å²) in [5, 5.41) is 5.06. The summed E-state index contributed by atoms with van der Waals surface area (Å²) in [5.74, 6) is -1.68. The van der Waals surface area contributed by atoms with E-state index in [0.717, 1.165) is 0 Å². The van der Waals surface area contributed by atoms with Crippen LogP contribution in [-0.2, 0) is 14.3 Å². The van der Waals surface area contributed by atoms with Gasteiger partial charge in [0.25, 0.3) is 5.91 Å². The van der Waals surface area contributed by atoms with Crippen LogP contribution in [0.5, 0.6) is 0 Å². The van der Waals surface area contributed by atoms with Gasteiger partial charge in [-0.25, -0.2) is 4.39 Å². The maximum absolute atomic E-state index is 12.8. The van der Waals surface area contributed by atoms with Crippen LogP contribution in [-0.4, -0.2) is 31.4 Å². The van der Waals surface area contributed by atoms with E-state index in [1.165, 1.54) is 37.5 Å². The summed E-state index contributed by atoms with van der Waals surface area (Å²) < 4.78 is 17.2. The van der Waals surface area contributed by atoms with Crippen LogP contribution in [0.15, 0.2) is 54.6 Å². The minimum atomic E-state index is -0.546. The largest absolute Gasteiger partial charge is 0.468 e. The third kappa shape index (κ3) is 5.86. The molecule has 0 aliphatic rings. The molecule has 0 radical (unpaired) electrons. The molecule has 0 saturated heterocycles. The highest BCUT2D eigenvalue weighted by Crippen LogP contribution is 2.10. The van der Waals surface area contributed by atoms with Gasteiger partial charge in [-0.15, -0.1) is 0 Å². The molecule has 2 rings (SSSR count). The number of methoxy groups -OCH3 is 1. The number of hydrogen-bond donors (Lipinski definition) is 2. The number of hydrogen-bond acceptors (Lipinski definition) is 4. The number of carbonyl (C=O) groups excluding carboxylic acids is 3. The van der Waals surface area contributed by atoms with Crippen molar-refractivity contribution in [2.75, 3.05) is 19.0 Å². The van der Waals surface area contributed by atoms with Gasteiger partial charge in [-0.05, 0) is 48.0 Å². The Morgan fingerprint density at radius 3 is 2.31 bits per heavy atom. The maximum atomic E-state index is 12.8. The van der Waals surface area contributed by atoms with Gasteiger partial charge in [-0.3, -0.25) is 14.4 Å². The van der Waals surface area contributed by atoms with Crippen molar-refractivity contribution in [2.24, 2.45) is 0 Å². The molecule has 0 atom stereocenters. The molecule has 134 valence electrons. The summed E-state index contributed by atoms with van der Waals surface area (Å²) in [5.41, 5.74) is 1.54. The van der Waals surface area contributed by atoms with Crippen molar-refractivity contribution < 1.29 is 23.5 Å². The van der Waals surface area contributed by atoms with Crippen LogP contribution < -0.4 is 10.6 Å². The summed E-state index contributed by atoms with van der Waals surface area (Å²) in [7, 11) is 1.23. The first kappa shape index (κ1) is 18.9.